The Morgan fingerprint density at radius 2 is 1.93 bits per heavy atom. The summed E-state index contributed by atoms with van der Waals surface area (Å²) in [6.45, 7) is -0.322. The van der Waals surface area contributed by atoms with Gasteiger partial charge in [0.25, 0.3) is 5.91 Å². The lowest BCUT2D eigenvalue weighted by molar-refractivity contribution is -0.122. The van der Waals surface area contributed by atoms with Crippen molar-refractivity contribution in [1.82, 2.24) is 4.72 Å². The minimum Gasteiger partial charge on any atom is -0.452 e. The first kappa shape index (κ1) is 10.6. The second kappa shape index (κ2) is 5.29. The molecule has 0 spiro atoms. The fraction of sp³-hybridized carbons (Fsp3) is 0.111. The van der Waals surface area contributed by atoms with E-state index in [2.05, 4.69) is 22.3 Å². The molecule has 0 radical (unpaired) electrons. The normalized spacial score (nSPS) is 9.21. The zero-order valence-corrected chi connectivity index (χ0v) is 8.16. The van der Waals surface area contributed by atoms with Gasteiger partial charge in [-0.25, -0.2) is 4.79 Å². The number of hydrogen-bond donors (Lipinski definition) is 2. The minimum absolute atomic E-state index is 0.322. The van der Waals surface area contributed by atoms with Crippen LogP contribution in [0, 0.1) is 0 Å². The third-order valence-corrected chi connectivity index (χ3v) is 1.72. The lowest BCUT2D eigenvalue weighted by Crippen LogP contribution is -2.21. The van der Waals surface area contributed by atoms with Crippen LogP contribution in [0.2, 0.25) is 0 Å². The Balaban J connectivity index is 2.48. The van der Waals surface area contributed by atoms with Crippen molar-refractivity contribution < 1.29 is 14.3 Å². The fourth-order valence-electron chi connectivity index (χ4n) is 0.821. The third kappa shape index (κ3) is 3.10. The molecule has 0 bridgehead atoms. The molecule has 0 saturated carbocycles. The van der Waals surface area contributed by atoms with E-state index in [0.29, 0.717) is 5.56 Å². The molecular weight excluding hydrogens is 202 g/mol. The van der Waals surface area contributed by atoms with Crippen molar-refractivity contribution in [2.24, 2.45) is 0 Å². The van der Waals surface area contributed by atoms with E-state index in [9.17, 15) is 9.59 Å². The van der Waals surface area contributed by atoms with Crippen LogP contribution in [0.5, 0.6) is 0 Å². The average molecular weight is 211 g/mol. The summed E-state index contributed by atoms with van der Waals surface area (Å²) in [4.78, 5) is 21.9. The molecule has 0 aliphatic rings. The van der Waals surface area contributed by atoms with Crippen molar-refractivity contribution in [3.05, 3.63) is 35.9 Å². The van der Waals surface area contributed by atoms with Gasteiger partial charge in [0, 0.05) is 0 Å². The van der Waals surface area contributed by atoms with Gasteiger partial charge in [0.1, 0.15) is 0 Å². The van der Waals surface area contributed by atoms with Gasteiger partial charge >= 0.3 is 5.97 Å². The minimum atomic E-state index is -0.525. The lowest BCUT2D eigenvalue weighted by Gasteiger charge is -2.02. The molecule has 14 heavy (non-hydrogen) atoms. The molecule has 4 nitrogen and oxygen atoms in total. The van der Waals surface area contributed by atoms with Crippen LogP contribution in [0.25, 0.3) is 0 Å². The molecule has 1 N–H and O–H groups in total. The molecule has 0 saturated heterocycles. The van der Waals surface area contributed by atoms with E-state index in [0.717, 1.165) is 0 Å². The molecule has 1 aromatic rings. The second-order valence-corrected chi connectivity index (χ2v) is 2.70. The highest BCUT2D eigenvalue weighted by molar-refractivity contribution is 7.78. The molecular formula is C9H9NO3S. The Morgan fingerprint density at radius 3 is 2.50 bits per heavy atom. The van der Waals surface area contributed by atoms with Gasteiger partial charge in [-0.2, -0.15) is 0 Å². The van der Waals surface area contributed by atoms with Crippen LogP contribution >= 0.6 is 12.8 Å². The summed E-state index contributed by atoms with van der Waals surface area (Å²) in [5.41, 5.74) is 0.416. The maximum Gasteiger partial charge on any atom is 0.338 e. The number of nitrogens with one attached hydrogen (secondary N) is 1. The van der Waals surface area contributed by atoms with Gasteiger partial charge in [-0.3, -0.25) is 9.52 Å². The van der Waals surface area contributed by atoms with Crippen molar-refractivity contribution in [3.8, 4) is 0 Å². The molecule has 0 aromatic heterocycles. The number of carbonyl (C=O) groups excluding carboxylic acids is 2. The van der Waals surface area contributed by atoms with Crippen LogP contribution in [-0.4, -0.2) is 18.5 Å². The molecule has 1 amide bonds. The molecule has 0 aliphatic heterocycles. The second-order valence-electron chi connectivity index (χ2n) is 2.48. The largest absolute Gasteiger partial charge is 0.452 e. The zero-order valence-electron chi connectivity index (χ0n) is 7.27. The van der Waals surface area contributed by atoms with E-state index in [1.807, 2.05) is 0 Å². The van der Waals surface area contributed by atoms with Gasteiger partial charge in [-0.1, -0.05) is 31.0 Å². The van der Waals surface area contributed by atoms with Gasteiger partial charge in [-0.05, 0) is 12.1 Å². The van der Waals surface area contributed by atoms with Crippen molar-refractivity contribution in [2.75, 3.05) is 6.61 Å². The third-order valence-electron chi connectivity index (χ3n) is 1.47. The molecule has 0 fully saturated rings. The average Bonchev–Trinajstić information content (AvgIpc) is 2.26. The topological polar surface area (TPSA) is 55.4 Å². The first-order valence-electron chi connectivity index (χ1n) is 3.89. The van der Waals surface area contributed by atoms with Crippen LogP contribution in [-0.2, 0) is 9.53 Å². The quantitative estimate of drug-likeness (QED) is 0.574. The smallest absolute Gasteiger partial charge is 0.338 e. The summed E-state index contributed by atoms with van der Waals surface area (Å²) >= 11 is 3.51. The maximum absolute atomic E-state index is 11.2. The highest BCUT2D eigenvalue weighted by Crippen LogP contribution is 2.00. The Kier molecular flexibility index (Phi) is 4.00. The number of esters is 1. The molecule has 0 atom stereocenters. The van der Waals surface area contributed by atoms with Gasteiger partial charge < -0.3 is 4.74 Å². The summed E-state index contributed by atoms with van der Waals surface area (Å²) in [5, 5.41) is 0. The summed E-state index contributed by atoms with van der Waals surface area (Å²) in [7, 11) is 0. The Bertz CT molecular complexity index is 326. The molecule has 1 aromatic carbocycles. The number of thiol groups is 1. The number of amides is 1. The predicted molar refractivity (Wildman–Crippen MR) is 53.9 cm³/mol. The predicted octanol–water partition coefficient (Wildman–Crippen LogP) is 0.804. The Labute approximate surface area is 86.8 Å². The van der Waals surface area contributed by atoms with Gasteiger partial charge in [0.2, 0.25) is 0 Å². The summed E-state index contributed by atoms with van der Waals surface area (Å²) < 4.78 is 6.73. The van der Waals surface area contributed by atoms with Crippen LogP contribution in [0.15, 0.2) is 30.3 Å². The maximum atomic E-state index is 11.2. The summed E-state index contributed by atoms with van der Waals surface area (Å²) in [6.07, 6.45) is 0. The van der Waals surface area contributed by atoms with Crippen molar-refractivity contribution >= 4 is 24.7 Å². The first-order chi connectivity index (χ1) is 6.74. The van der Waals surface area contributed by atoms with Crippen molar-refractivity contribution in [2.45, 2.75) is 0 Å². The molecule has 74 valence electrons. The van der Waals surface area contributed by atoms with Crippen molar-refractivity contribution in [3.63, 3.8) is 0 Å². The summed E-state index contributed by atoms with van der Waals surface area (Å²) in [5.74, 6) is -0.986. The van der Waals surface area contributed by atoms with Crippen LogP contribution in [0.1, 0.15) is 10.4 Å². The lowest BCUT2D eigenvalue weighted by atomic mass is 10.2. The van der Waals surface area contributed by atoms with Crippen molar-refractivity contribution in [1.29, 1.82) is 0 Å². The number of hydrogen-bond acceptors (Lipinski definition) is 4. The highest BCUT2D eigenvalue weighted by Gasteiger charge is 2.07. The van der Waals surface area contributed by atoms with Crippen LogP contribution in [0.4, 0.5) is 0 Å². The molecule has 1 rings (SSSR count). The Morgan fingerprint density at radius 1 is 1.29 bits per heavy atom. The van der Waals surface area contributed by atoms with E-state index >= 15 is 0 Å². The molecule has 5 heteroatoms. The first-order valence-corrected chi connectivity index (χ1v) is 4.34. The van der Waals surface area contributed by atoms with E-state index in [4.69, 9.17) is 0 Å². The van der Waals surface area contributed by atoms with Crippen LogP contribution < -0.4 is 4.72 Å². The van der Waals surface area contributed by atoms with Crippen LogP contribution in [0.3, 0.4) is 0 Å². The summed E-state index contributed by atoms with van der Waals surface area (Å²) in [6, 6.07) is 8.45. The number of rotatable bonds is 3. The molecule has 0 aliphatic carbocycles. The molecule has 0 unspecified atom stereocenters. The monoisotopic (exact) mass is 211 g/mol. The number of benzene rings is 1. The molecule has 0 heterocycles. The van der Waals surface area contributed by atoms with Gasteiger partial charge in [0.05, 0.1) is 5.56 Å². The highest BCUT2D eigenvalue weighted by atomic mass is 32.1. The SMILES string of the molecule is O=C(COC(=O)c1ccccc1)NS. The Hall–Kier alpha value is -1.49. The zero-order chi connectivity index (χ0) is 10.4. The van der Waals surface area contributed by atoms with E-state index in [1.165, 1.54) is 0 Å². The number of ether oxygens (including phenoxy) is 1. The number of carbonyl (C=O) groups is 2. The standard InChI is InChI=1S/C9H9NO3S/c11-8(10-14)6-13-9(12)7-4-2-1-3-5-7/h1-5,14H,6H2,(H,10,11). The fourth-order valence-corrected chi connectivity index (χ4v) is 0.885. The van der Waals surface area contributed by atoms with Gasteiger partial charge in [0.15, 0.2) is 6.61 Å². The van der Waals surface area contributed by atoms with Gasteiger partial charge in [-0.15, -0.1) is 0 Å². The van der Waals surface area contributed by atoms with E-state index < -0.39 is 11.9 Å². The van der Waals surface area contributed by atoms with E-state index in [-0.39, 0.29) is 6.61 Å². The van der Waals surface area contributed by atoms with E-state index in [1.54, 1.807) is 30.3 Å².